The molecule has 1 aliphatic carbocycles. The number of carbonyl (C=O) groups is 1. The van der Waals surface area contributed by atoms with Crippen molar-refractivity contribution >= 4 is 5.78 Å². The van der Waals surface area contributed by atoms with E-state index in [1.807, 2.05) is 56.3 Å². The molecule has 0 aromatic heterocycles. The Hall–Kier alpha value is -2.09. The van der Waals surface area contributed by atoms with Crippen LogP contribution in [-0.2, 0) is 6.42 Å². The summed E-state index contributed by atoms with van der Waals surface area (Å²) in [4.78, 5) is 12.3. The number of methoxy groups -OCH3 is 1. The van der Waals surface area contributed by atoms with E-state index in [4.69, 9.17) is 4.74 Å². The van der Waals surface area contributed by atoms with Crippen LogP contribution in [0.2, 0.25) is 0 Å². The van der Waals surface area contributed by atoms with Crippen LogP contribution in [0.4, 0.5) is 0 Å². The second-order valence-corrected chi connectivity index (χ2v) is 4.19. The summed E-state index contributed by atoms with van der Waals surface area (Å²) >= 11 is 0. The van der Waals surface area contributed by atoms with E-state index in [2.05, 4.69) is 0 Å². The van der Waals surface area contributed by atoms with Crippen LogP contribution in [0.5, 0.6) is 5.75 Å². The van der Waals surface area contributed by atoms with Crippen LogP contribution in [0.1, 0.15) is 40.9 Å². The Balaban J connectivity index is 0.000000637. The fourth-order valence-electron chi connectivity index (χ4n) is 2.29. The summed E-state index contributed by atoms with van der Waals surface area (Å²) in [6, 6.07) is 13.5. The minimum Gasteiger partial charge on any atom is -0.497 e. The maximum absolute atomic E-state index is 12.3. The van der Waals surface area contributed by atoms with E-state index in [-0.39, 0.29) is 5.78 Å². The van der Waals surface area contributed by atoms with Crippen LogP contribution < -0.4 is 4.74 Å². The standard InChI is InChI=1S/C15H12O2.C2H6/c1-17-12-7-6-11-8-10-4-2-3-5-13(10)15(16)14(11)9-12;1-2/h2-7,9H,8H2,1H3;1-2H3. The van der Waals surface area contributed by atoms with E-state index in [9.17, 15) is 4.79 Å². The summed E-state index contributed by atoms with van der Waals surface area (Å²) in [5, 5.41) is 0. The van der Waals surface area contributed by atoms with Gasteiger partial charge in [-0.15, -0.1) is 0 Å². The Bertz CT molecular complexity index is 600. The molecule has 19 heavy (non-hydrogen) atoms. The molecule has 0 N–H and O–H groups in total. The predicted molar refractivity (Wildman–Crippen MR) is 77.0 cm³/mol. The topological polar surface area (TPSA) is 26.3 Å². The molecule has 0 heterocycles. The summed E-state index contributed by atoms with van der Waals surface area (Å²) < 4.78 is 5.16. The molecule has 0 fully saturated rings. The molecule has 0 radical (unpaired) electrons. The van der Waals surface area contributed by atoms with Crippen LogP contribution in [-0.4, -0.2) is 12.9 Å². The highest BCUT2D eigenvalue weighted by Gasteiger charge is 2.22. The first-order valence-corrected chi connectivity index (χ1v) is 6.59. The summed E-state index contributed by atoms with van der Waals surface area (Å²) in [6.45, 7) is 4.00. The summed E-state index contributed by atoms with van der Waals surface area (Å²) in [6.07, 6.45) is 0.821. The monoisotopic (exact) mass is 254 g/mol. The molecule has 98 valence electrons. The average Bonchev–Trinajstić information content (AvgIpc) is 2.49. The minimum absolute atomic E-state index is 0.0979. The third-order valence-electron chi connectivity index (χ3n) is 3.20. The molecule has 1 aliphatic rings. The molecule has 0 aliphatic heterocycles. The van der Waals surface area contributed by atoms with Gasteiger partial charge in [0.1, 0.15) is 5.75 Å². The van der Waals surface area contributed by atoms with Crippen molar-refractivity contribution in [1.82, 2.24) is 0 Å². The lowest BCUT2D eigenvalue weighted by atomic mass is 9.85. The van der Waals surface area contributed by atoms with Crippen molar-refractivity contribution < 1.29 is 9.53 Å². The minimum atomic E-state index is 0.0979. The fraction of sp³-hybridized carbons (Fsp3) is 0.235. The molecule has 0 amide bonds. The van der Waals surface area contributed by atoms with Gasteiger partial charge < -0.3 is 4.74 Å². The largest absolute Gasteiger partial charge is 0.497 e. The summed E-state index contributed by atoms with van der Waals surface area (Å²) in [5.74, 6) is 0.831. The number of carbonyl (C=O) groups excluding carboxylic acids is 1. The smallest absolute Gasteiger partial charge is 0.193 e. The van der Waals surface area contributed by atoms with Gasteiger partial charge in [-0.2, -0.15) is 0 Å². The van der Waals surface area contributed by atoms with Gasteiger partial charge in [0.05, 0.1) is 7.11 Å². The van der Waals surface area contributed by atoms with Gasteiger partial charge in [0, 0.05) is 11.1 Å². The van der Waals surface area contributed by atoms with Crippen molar-refractivity contribution in [2.75, 3.05) is 7.11 Å². The second kappa shape index (κ2) is 5.70. The van der Waals surface area contributed by atoms with Gasteiger partial charge in [0.2, 0.25) is 0 Å². The molecule has 2 aromatic rings. The van der Waals surface area contributed by atoms with E-state index in [0.717, 1.165) is 34.4 Å². The van der Waals surface area contributed by atoms with Crippen LogP contribution in [0, 0.1) is 0 Å². The van der Waals surface area contributed by atoms with Crippen molar-refractivity contribution in [1.29, 1.82) is 0 Å². The zero-order valence-corrected chi connectivity index (χ0v) is 11.6. The van der Waals surface area contributed by atoms with Crippen molar-refractivity contribution in [2.45, 2.75) is 20.3 Å². The Morgan fingerprint density at radius 1 is 0.947 bits per heavy atom. The Kier molecular flexibility index (Phi) is 4.00. The molecule has 0 saturated carbocycles. The Morgan fingerprint density at radius 3 is 2.37 bits per heavy atom. The quantitative estimate of drug-likeness (QED) is 0.659. The third-order valence-corrected chi connectivity index (χ3v) is 3.20. The van der Waals surface area contributed by atoms with Gasteiger partial charge in [0.15, 0.2) is 5.78 Å². The maximum atomic E-state index is 12.3. The van der Waals surface area contributed by atoms with E-state index in [1.165, 1.54) is 0 Å². The van der Waals surface area contributed by atoms with Gasteiger partial charge in [-0.1, -0.05) is 44.2 Å². The maximum Gasteiger partial charge on any atom is 0.193 e. The highest BCUT2D eigenvalue weighted by atomic mass is 16.5. The number of fused-ring (bicyclic) bond motifs is 2. The third kappa shape index (κ3) is 2.39. The van der Waals surface area contributed by atoms with Crippen LogP contribution in [0.25, 0.3) is 0 Å². The molecule has 0 atom stereocenters. The van der Waals surface area contributed by atoms with Gasteiger partial charge >= 0.3 is 0 Å². The van der Waals surface area contributed by atoms with Crippen molar-refractivity contribution in [3.8, 4) is 5.75 Å². The molecule has 0 bridgehead atoms. The predicted octanol–water partition coefficient (Wildman–Crippen LogP) is 3.86. The molecular weight excluding hydrogens is 236 g/mol. The lowest BCUT2D eigenvalue weighted by molar-refractivity contribution is 0.103. The van der Waals surface area contributed by atoms with E-state index < -0.39 is 0 Å². The zero-order valence-electron chi connectivity index (χ0n) is 11.6. The number of hydrogen-bond donors (Lipinski definition) is 0. The number of ketones is 1. The van der Waals surface area contributed by atoms with Crippen LogP contribution in [0.3, 0.4) is 0 Å². The molecule has 0 unspecified atom stereocenters. The van der Waals surface area contributed by atoms with E-state index in [0.29, 0.717) is 0 Å². The second-order valence-electron chi connectivity index (χ2n) is 4.19. The fourth-order valence-corrected chi connectivity index (χ4v) is 2.29. The molecule has 3 rings (SSSR count). The van der Waals surface area contributed by atoms with Crippen molar-refractivity contribution in [3.05, 3.63) is 64.7 Å². The van der Waals surface area contributed by atoms with Crippen molar-refractivity contribution in [2.24, 2.45) is 0 Å². The average molecular weight is 254 g/mol. The van der Waals surface area contributed by atoms with Crippen LogP contribution in [0.15, 0.2) is 42.5 Å². The highest BCUT2D eigenvalue weighted by molar-refractivity contribution is 6.12. The first kappa shape index (κ1) is 13.3. The lowest BCUT2D eigenvalue weighted by Crippen LogP contribution is -2.14. The molecule has 2 heteroatoms. The highest BCUT2D eigenvalue weighted by Crippen LogP contribution is 2.29. The Morgan fingerprint density at radius 2 is 1.63 bits per heavy atom. The van der Waals surface area contributed by atoms with Crippen LogP contribution >= 0.6 is 0 Å². The molecule has 2 nitrogen and oxygen atoms in total. The first-order valence-electron chi connectivity index (χ1n) is 6.59. The number of hydrogen-bond acceptors (Lipinski definition) is 2. The zero-order chi connectivity index (χ0) is 13.8. The summed E-state index contributed by atoms with van der Waals surface area (Å²) in [7, 11) is 1.61. The normalized spacial score (nSPS) is 11.8. The SMILES string of the molecule is CC.COc1ccc2c(c1)C(=O)c1ccccc1C2. The molecule has 0 saturated heterocycles. The van der Waals surface area contributed by atoms with Gasteiger partial charge in [0.25, 0.3) is 0 Å². The molecule has 2 aromatic carbocycles. The summed E-state index contributed by atoms with van der Waals surface area (Å²) in [5.41, 5.74) is 3.76. The Labute approximate surface area is 114 Å². The van der Waals surface area contributed by atoms with Gasteiger partial charge in [-0.25, -0.2) is 0 Å². The number of benzene rings is 2. The number of ether oxygens (including phenoxy) is 1. The molecule has 0 spiro atoms. The van der Waals surface area contributed by atoms with Gasteiger partial charge in [-0.3, -0.25) is 4.79 Å². The van der Waals surface area contributed by atoms with Crippen molar-refractivity contribution in [3.63, 3.8) is 0 Å². The van der Waals surface area contributed by atoms with Gasteiger partial charge in [-0.05, 0) is 29.7 Å². The first-order chi connectivity index (χ1) is 9.29. The van der Waals surface area contributed by atoms with E-state index in [1.54, 1.807) is 7.11 Å². The number of rotatable bonds is 1. The molecular formula is C17H18O2. The van der Waals surface area contributed by atoms with E-state index >= 15 is 0 Å². The lowest BCUT2D eigenvalue weighted by Gasteiger charge is -2.18.